The number of rotatable bonds is 35. The molecule has 50 heavy (non-hydrogen) atoms. The number of ether oxygens (including phenoxy) is 2. The van der Waals surface area contributed by atoms with Crippen molar-refractivity contribution in [3.05, 3.63) is 60.8 Å². The maximum Gasteiger partial charge on any atom is 0.469 e. The number of phosphoric ester groups is 1. The lowest BCUT2D eigenvalue weighted by atomic mass is 10.1. The van der Waals surface area contributed by atoms with Gasteiger partial charge in [-0.25, -0.2) is 4.57 Å². The maximum absolute atomic E-state index is 12.3. The minimum absolute atomic E-state index is 0.192. The van der Waals surface area contributed by atoms with E-state index in [4.69, 9.17) is 19.3 Å². The van der Waals surface area contributed by atoms with Crippen LogP contribution >= 0.6 is 7.82 Å². The Morgan fingerprint density at radius 2 is 0.900 bits per heavy atom. The van der Waals surface area contributed by atoms with Gasteiger partial charge in [-0.1, -0.05) is 132 Å². The van der Waals surface area contributed by atoms with Crippen LogP contribution in [0.1, 0.15) is 168 Å². The molecular formula is C41H71O8P. The van der Waals surface area contributed by atoms with E-state index in [1.807, 2.05) is 0 Å². The number of carbonyl (C=O) groups is 2. The maximum atomic E-state index is 12.3. The first-order valence-corrected chi connectivity index (χ1v) is 21.1. The third kappa shape index (κ3) is 38.6. The SMILES string of the molecule is CCCCC/C=C/C/C=C/C/C=C/C/C=C/CCCCCC(=O)OC[C@H](COP(=O)(O)O)OC(=O)CCCCCCC/C=C/CCCCCC. The second kappa shape index (κ2) is 36.5. The Labute approximate surface area is 305 Å². The fourth-order valence-corrected chi connectivity index (χ4v) is 5.42. The molecule has 0 aliphatic heterocycles. The third-order valence-electron chi connectivity index (χ3n) is 8.01. The van der Waals surface area contributed by atoms with E-state index in [0.717, 1.165) is 77.0 Å². The average Bonchev–Trinajstić information content (AvgIpc) is 3.08. The third-order valence-corrected chi connectivity index (χ3v) is 8.49. The zero-order valence-corrected chi connectivity index (χ0v) is 32.4. The Balaban J connectivity index is 4.04. The molecule has 0 spiro atoms. The molecule has 0 aromatic heterocycles. The molecule has 0 aromatic rings. The molecular weight excluding hydrogens is 651 g/mol. The van der Waals surface area contributed by atoms with E-state index in [1.165, 1.54) is 51.4 Å². The van der Waals surface area contributed by atoms with Crippen molar-refractivity contribution < 1.29 is 37.9 Å². The molecule has 0 unspecified atom stereocenters. The number of hydrogen-bond acceptors (Lipinski definition) is 6. The van der Waals surface area contributed by atoms with Gasteiger partial charge in [0.05, 0.1) is 6.61 Å². The number of phosphoric acid groups is 1. The number of hydrogen-bond donors (Lipinski definition) is 2. The van der Waals surface area contributed by atoms with Crippen LogP contribution < -0.4 is 0 Å². The summed E-state index contributed by atoms with van der Waals surface area (Å²) in [5, 5.41) is 0. The lowest BCUT2D eigenvalue weighted by molar-refractivity contribution is -0.161. The zero-order valence-electron chi connectivity index (χ0n) is 31.5. The predicted octanol–water partition coefficient (Wildman–Crippen LogP) is 11.7. The summed E-state index contributed by atoms with van der Waals surface area (Å²) in [7, 11) is -4.76. The Kier molecular flexibility index (Phi) is 34.9. The summed E-state index contributed by atoms with van der Waals surface area (Å²) in [5.74, 6) is -0.936. The minimum atomic E-state index is -4.76. The predicted molar refractivity (Wildman–Crippen MR) is 207 cm³/mol. The Hall–Kier alpha value is -2.25. The molecule has 0 radical (unpaired) electrons. The van der Waals surface area contributed by atoms with E-state index in [-0.39, 0.29) is 19.4 Å². The van der Waals surface area contributed by atoms with Crippen LogP contribution in [0, 0.1) is 0 Å². The first-order chi connectivity index (χ1) is 24.3. The van der Waals surface area contributed by atoms with E-state index >= 15 is 0 Å². The van der Waals surface area contributed by atoms with E-state index in [1.54, 1.807) is 0 Å². The summed E-state index contributed by atoms with van der Waals surface area (Å²) >= 11 is 0. The molecule has 0 aliphatic rings. The van der Waals surface area contributed by atoms with Gasteiger partial charge in [0.15, 0.2) is 6.10 Å². The van der Waals surface area contributed by atoms with E-state index in [0.29, 0.717) is 12.8 Å². The zero-order chi connectivity index (χ0) is 36.8. The van der Waals surface area contributed by atoms with Crippen LogP contribution in [0.5, 0.6) is 0 Å². The molecule has 0 amide bonds. The molecule has 0 saturated carbocycles. The van der Waals surface area contributed by atoms with Crippen molar-refractivity contribution in [2.75, 3.05) is 13.2 Å². The molecule has 0 aliphatic carbocycles. The van der Waals surface area contributed by atoms with Crippen molar-refractivity contribution in [1.82, 2.24) is 0 Å². The van der Waals surface area contributed by atoms with Crippen molar-refractivity contribution in [3.63, 3.8) is 0 Å². The quantitative estimate of drug-likeness (QED) is 0.0287. The molecule has 0 bridgehead atoms. The largest absolute Gasteiger partial charge is 0.469 e. The van der Waals surface area contributed by atoms with Gasteiger partial charge in [-0.05, 0) is 83.5 Å². The monoisotopic (exact) mass is 722 g/mol. The van der Waals surface area contributed by atoms with Crippen LogP contribution in [0.3, 0.4) is 0 Å². The first kappa shape index (κ1) is 47.8. The van der Waals surface area contributed by atoms with Gasteiger partial charge in [-0.3, -0.25) is 14.1 Å². The summed E-state index contributed by atoms with van der Waals surface area (Å²) in [4.78, 5) is 42.7. The standard InChI is InChI=1S/C41H71O8P/c1-3-5-7-9-11-13-15-17-18-19-20-21-22-24-25-27-29-31-33-35-40(42)47-37-39(38-48-50(44,45)46)49-41(43)36-34-32-30-28-26-23-16-14-12-10-8-6-4-2/h11,13-14,16-18,20-21,24-25,39H,3-10,12,15,19,22-23,26-38H2,1-2H3,(H2,44,45,46)/b13-11+,16-14+,18-17+,21-20+,25-24+/t39-/m1/s1. The Morgan fingerprint density at radius 1 is 0.520 bits per heavy atom. The fraction of sp³-hybridized carbons (Fsp3) is 0.707. The highest BCUT2D eigenvalue weighted by molar-refractivity contribution is 7.46. The summed E-state index contributed by atoms with van der Waals surface area (Å²) in [6.07, 6.45) is 45.1. The van der Waals surface area contributed by atoms with Crippen LogP contribution in [0.25, 0.3) is 0 Å². The highest BCUT2D eigenvalue weighted by Gasteiger charge is 2.22. The second-order valence-corrected chi connectivity index (χ2v) is 14.1. The van der Waals surface area contributed by atoms with Crippen LogP contribution in [0.2, 0.25) is 0 Å². The molecule has 288 valence electrons. The topological polar surface area (TPSA) is 119 Å². The molecule has 8 nitrogen and oxygen atoms in total. The number of allylic oxidation sites excluding steroid dienone is 10. The second-order valence-electron chi connectivity index (χ2n) is 12.9. The molecule has 1 atom stereocenters. The Morgan fingerprint density at radius 3 is 1.42 bits per heavy atom. The number of unbranched alkanes of at least 4 members (excludes halogenated alkanes) is 15. The van der Waals surface area contributed by atoms with Crippen molar-refractivity contribution >= 4 is 19.8 Å². The molecule has 0 saturated heterocycles. The smallest absolute Gasteiger partial charge is 0.462 e. The van der Waals surface area contributed by atoms with Crippen molar-refractivity contribution in [2.45, 2.75) is 174 Å². The average molecular weight is 723 g/mol. The van der Waals surface area contributed by atoms with E-state index in [9.17, 15) is 14.2 Å². The summed E-state index contributed by atoms with van der Waals surface area (Å²) in [6, 6.07) is 0. The van der Waals surface area contributed by atoms with Gasteiger partial charge in [0.1, 0.15) is 6.61 Å². The number of carbonyl (C=O) groups excluding carboxylic acids is 2. The normalized spacial score (nSPS) is 13.1. The minimum Gasteiger partial charge on any atom is -0.462 e. The van der Waals surface area contributed by atoms with Crippen LogP contribution in [0.4, 0.5) is 0 Å². The van der Waals surface area contributed by atoms with Gasteiger partial charge in [0, 0.05) is 12.8 Å². The van der Waals surface area contributed by atoms with Gasteiger partial charge in [-0.15, -0.1) is 0 Å². The Bertz CT molecular complexity index is 995. The number of esters is 2. The summed E-state index contributed by atoms with van der Waals surface area (Å²) in [6.45, 7) is 3.59. The van der Waals surface area contributed by atoms with Crippen LogP contribution in [0.15, 0.2) is 60.8 Å². The summed E-state index contributed by atoms with van der Waals surface area (Å²) in [5.41, 5.74) is 0. The van der Waals surface area contributed by atoms with Gasteiger partial charge in [0.2, 0.25) is 0 Å². The highest BCUT2D eigenvalue weighted by atomic mass is 31.2. The fourth-order valence-electron chi connectivity index (χ4n) is 5.06. The lowest BCUT2D eigenvalue weighted by Gasteiger charge is -2.18. The lowest BCUT2D eigenvalue weighted by Crippen LogP contribution is -2.29. The van der Waals surface area contributed by atoms with Gasteiger partial charge < -0.3 is 19.3 Å². The van der Waals surface area contributed by atoms with Crippen LogP contribution in [-0.2, 0) is 28.2 Å². The molecule has 0 aromatic carbocycles. The molecule has 0 rings (SSSR count). The molecule has 2 N–H and O–H groups in total. The molecule has 0 heterocycles. The van der Waals surface area contributed by atoms with Crippen molar-refractivity contribution in [3.8, 4) is 0 Å². The first-order valence-electron chi connectivity index (χ1n) is 19.6. The molecule has 0 fully saturated rings. The summed E-state index contributed by atoms with van der Waals surface area (Å²) < 4.78 is 26.3. The molecule has 9 heteroatoms. The van der Waals surface area contributed by atoms with E-state index in [2.05, 4.69) is 79.1 Å². The van der Waals surface area contributed by atoms with Crippen molar-refractivity contribution in [2.24, 2.45) is 0 Å². The van der Waals surface area contributed by atoms with Gasteiger partial charge in [0.25, 0.3) is 0 Å². The van der Waals surface area contributed by atoms with Crippen LogP contribution in [-0.4, -0.2) is 41.0 Å². The highest BCUT2D eigenvalue weighted by Crippen LogP contribution is 2.36. The van der Waals surface area contributed by atoms with E-state index < -0.39 is 32.5 Å². The van der Waals surface area contributed by atoms with Crippen molar-refractivity contribution in [1.29, 1.82) is 0 Å². The van der Waals surface area contributed by atoms with Gasteiger partial charge in [-0.2, -0.15) is 0 Å². The van der Waals surface area contributed by atoms with Gasteiger partial charge >= 0.3 is 19.8 Å².